The molecule has 3 nitrogen and oxygen atoms in total. The fourth-order valence-electron chi connectivity index (χ4n) is 2.29. The van der Waals surface area contributed by atoms with Crippen LogP contribution in [0.15, 0.2) is 21.4 Å². The molecule has 2 unspecified atom stereocenters. The molecule has 1 aromatic heterocycles. The van der Waals surface area contributed by atoms with Crippen molar-refractivity contribution in [2.75, 3.05) is 7.05 Å². The third-order valence-corrected chi connectivity index (χ3v) is 4.44. The molecule has 1 aromatic rings. The first-order chi connectivity index (χ1) is 8.11. The Bertz CT molecular complexity index is 407. The molecule has 0 spiro atoms. The van der Waals surface area contributed by atoms with Crippen molar-refractivity contribution >= 4 is 33.4 Å². The lowest BCUT2D eigenvalue weighted by Gasteiger charge is -2.34. The Labute approximate surface area is 114 Å². The van der Waals surface area contributed by atoms with Gasteiger partial charge in [-0.1, -0.05) is 12.8 Å². The molecule has 17 heavy (non-hydrogen) atoms. The molecule has 0 N–H and O–H groups in total. The number of halogens is 2. The highest BCUT2D eigenvalue weighted by Gasteiger charge is 2.30. The number of rotatable bonds is 2. The van der Waals surface area contributed by atoms with E-state index in [1.165, 1.54) is 6.26 Å². The average Bonchev–Trinajstić information content (AvgIpc) is 2.74. The highest BCUT2D eigenvalue weighted by Crippen LogP contribution is 2.28. The fourth-order valence-corrected chi connectivity index (χ4v) is 3.15. The Morgan fingerprint density at radius 1 is 1.53 bits per heavy atom. The number of nitrogens with zero attached hydrogens (tertiary/aromatic N) is 1. The van der Waals surface area contributed by atoms with Gasteiger partial charge in [-0.05, 0) is 34.8 Å². The van der Waals surface area contributed by atoms with Crippen molar-refractivity contribution < 1.29 is 9.21 Å². The summed E-state index contributed by atoms with van der Waals surface area (Å²) in [4.78, 5) is 14.0. The molecule has 0 saturated heterocycles. The van der Waals surface area contributed by atoms with Crippen LogP contribution in [0, 0.1) is 0 Å². The van der Waals surface area contributed by atoms with Crippen LogP contribution in [0.4, 0.5) is 0 Å². The molecule has 1 saturated carbocycles. The molecular weight excluding hydrogens is 305 g/mol. The summed E-state index contributed by atoms with van der Waals surface area (Å²) in [5, 5.41) is 0.0587. The lowest BCUT2D eigenvalue weighted by Crippen LogP contribution is -2.44. The molecule has 0 aromatic carbocycles. The maximum absolute atomic E-state index is 12.2. The first kappa shape index (κ1) is 13.0. The van der Waals surface area contributed by atoms with Crippen molar-refractivity contribution in [1.29, 1.82) is 0 Å². The number of alkyl halides is 1. The van der Waals surface area contributed by atoms with E-state index in [1.54, 1.807) is 11.0 Å². The maximum atomic E-state index is 12.2. The number of hydrogen-bond acceptors (Lipinski definition) is 2. The van der Waals surface area contributed by atoms with Crippen LogP contribution >= 0.6 is 27.5 Å². The lowest BCUT2D eigenvalue weighted by molar-refractivity contribution is 0.0698. The summed E-state index contributed by atoms with van der Waals surface area (Å²) in [6.07, 6.45) is 5.76. The van der Waals surface area contributed by atoms with Crippen LogP contribution in [0.5, 0.6) is 0 Å². The van der Waals surface area contributed by atoms with Gasteiger partial charge in [0.15, 0.2) is 4.67 Å². The van der Waals surface area contributed by atoms with E-state index in [0.717, 1.165) is 25.7 Å². The average molecular weight is 321 g/mol. The van der Waals surface area contributed by atoms with Crippen molar-refractivity contribution in [3.8, 4) is 0 Å². The smallest absolute Gasteiger partial charge is 0.258 e. The van der Waals surface area contributed by atoms with Gasteiger partial charge in [0, 0.05) is 13.1 Å². The Kier molecular flexibility index (Phi) is 4.15. The Morgan fingerprint density at radius 2 is 2.24 bits per heavy atom. The molecule has 1 heterocycles. The van der Waals surface area contributed by atoms with Gasteiger partial charge in [0.05, 0.1) is 17.2 Å². The summed E-state index contributed by atoms with van der Waals surface area (Å²) >= 11 is 9.52. The Morgan fingerprint density at radius 3 is 2.82 bits per heavy atom. The molecule has 0 aliphatic heterocycles. The molecule has 1 aliphatic rings. The molecule has 0 radical (unpaired) electrons. The van der Waals surface area contributed by atoms with Crippen LogP contribution in [-0.2, 0) is 0 Å². The minimum absolute atomic E-state index is 0.0387. The summed E-state index contributed by atoms with van der Waals surface area (Å²) in [7, 11) is 1.81. The predicted octanol–water partition coefficient (Wildman–Crippen LogP) is 3.66. The number of hydrogen-bond donors (Lipinski definition) is 0. The van der Waals surface area contributed by atoms with E-state index in [4.69, 9.17) is 16.0 Å². The zero-order chi connectivity index (χ0) is 12.4. The van der Waals surface area contributed by atoms with Crippen LogP contribution in [0.3, 0.4) is 0 Å². The van der Waals surface area contributed by atoms with Crippen LogP contribution in [-0.4, -0.2) is 29.3 Å². The van der Waals surface area contributed by atoms with Crippen LogP contribution < -0.4 is 0 Å². The molecule has 94 valence electrons. The Balaban J connectivity index is 2.11. The summed E-state index contributed by atoms with van der Waals surface area (Å²) in [6.45, 7) is 0. The Hall–Kier alpha value is -0.480. The van der Waals surface area contributed by atoms with Gasteiger partial charge in [-0.25, -0.2) is 0 Å². The van der Waals surface area contributed by atoms with Crippen molar-refractivity contribution in [1.82, 2.24) is 4.90 Å². The van der Waals surface area contributed by atoms with E-state index < -0.39 is 0 Å². The van der Waals surface area contributed by atoms with Crippen molar-refractivity contribution in [2.45, 2.75) is 37.1 Å². The number of amides is 1. The molecule has 1 fully saturated rings. The molecule has 1 amide bonds. The number of carbonyl (C=O) groups is 1. The van der Waals surface area contributed by atoms with E-state index in [2.05, 4.69) is 15.9 Å². The van der Waals surface area contributed by atoms with E-state index >= 15 is 0 Å². The standard InChI is InChI=1S/C12H15BrClNO2/c1-15(10-5-3-2-4-9(10)14)12(16)8-6-7-17-11(8)13/h6-7,9-10H,2-5H2,1H3. The van der Waals surface area contributed by atoms with Crippen molar-refractivity contribution in [3.63, 3.8) is 0 Å². The van der Waals surface area contributed by atoms with Gasteiger partial charge < -0.3 is 9.32 Å². The second kappa shape index (κ2) is 5.44. The van der Waals surface area contributed by atoms with Gasteiger partial charge in [-0.3, -0.25) is 4.79 Å². The third-order valence-electron chi connectivity index (χ3n) is 3.31. The molecule has 2 rings (SSSR count). The second-order valence-electron chi connectivity index (χ2n) is 4.39. The molecular formula is C12H15BrClNO2. The van der Waals surface area contributed by atoms with Crippen LogP contribution in [0.25, 0.3) is 0 Å². The highest BCUT2D eigenvalue weighted by molar-refractivity contribution is 9.10. The normalized spacial score (nSPS) is 24.6. The van der Waals surface area contributed by atoms with Gasteiger partial charge in [0.2, 0.25) is 0 Å². The van der Waals surface area contributed by atoms with Gasteiger partial charge in [-0.2, -0.15) is 0 Å². The van der Waals surface area contributed by atoms with Gasteiger partial charge in [0.1, 0.15) is 0 Å². The largest absolute Gasteiger partial charge is 0.457 e. The minimum Gasteiger partial charge on any atom is -0.457 e. The monoisotopic (exact) mass is 319 g/mol. The zero-order valence-corrected chi connectivity index (χ0v) is 12.0. The van der Waals surface area contributed by atoms with E-state index in [1.807, 2.05) is 7.05 Å². The summed E-state index contributed by atoms with van der Waals surface area (Å²) < 4.78 is 5.57. The highest BCUT2D eigenvalue weighted by atomic mass is 79.9. The van der Waals surface area contributed by atoms with Gasteiger partial charge >= 0.3 is 0 Å². The van der Waals surface area contributed by atoms with E-state index in [0.29, 0.717) is 10.2 Å². The quantitative estimate of drug-likeness (QED) is 0.779. The van der Waals surface area contributed by atoms with Gasteiger partial charge in [-0.15, -0.1) is 11.6 Å². The second-order valence-corrected chi connectivity index (χ2v) is 5.67. The SMILES string of the molecule is CN(C(=O)c1ccoc1Br)C1CCCCC1Cl. The van der Waals surface area contributed by atoms with E-state index in [9.17, 15) is 4.79 Å². The fraction of sp³-hybridized carbons (Fsp3) is 0.583. The van der Waals surface area contributed by atoms with Crippen molar-refractivity contribution in [2.24, 2.45) is 0 Å². The summed E-state index contributed by atoms with van der Waals surface area (Å²) in [5.74, 6) is -0.0387. The summed E-state index contributed by atoms with van der Waals surface area (Å²) in [5.41, 5.74) is 0.557. The zero-order valence-electron chi connectivity index (χ0n) is 9.66. The van der Waals surface area contributed by atoms with Crippen LogP contribution in [0.1, 0.15) is 36.0 Å². The van der Waals surface area contributed by atoms with E-state index in [-0.39, 0.29) is 17.3 Å². The maximum Gasteiger partial charge on any atom is 0.258 e. The number of furan rings is 1. The molecule has 1 aliphatic carbocycles. The topological polar surface area (TPSA) is 33.5 Å². The molecule has 2 atom stereocenters. The minimum atomic E-state index is -0.0387. The van der Waals surface area contributed by atoms with Gasteiger partial charge in [0.25, 0.3) is 5.91 Å². The lowest BCUT2D eigenvalue weighted by atomic mass is 9.93. The van der Waals surface area contributed by atoms with Crippen molar-refractivity contribution in [3.05, 3.63) is 22.6 Å². The third kappa shape index (κ3) is 2.68. The summed E-state index contributed by atoms with van der Waals surface area (Å²) in [6, 6.07) is 1.80. The first-order valence-electron chi connectivity index (χ1n) is 5.75. The number of carbonyl (C=O) groups excluding carboxylic acids is 1. The predicted molar refractivity (Wildman–Crippen MR) is 70.4 cm³/mol. The van der Waals surface area contributed by atoms with Crippen LogP contribution in [0.2, 0.25) is 0 Å². The molecule has 0 bridgehead atoms. The molecule has 5 heteroatoms. The first-order valence-corrected chi connectivity index (χ1v) is 6.98.